The topological polar surface area (TPSA) is 61.0 Å². The lowest BCUT2D eigenvalue weighted by Crippen LogP contribution is -2.38. The summed E-state index contributed by atoms with van der Waals surface area (Å²) in [6, 6.07) is 14.1. The number of anilines is 2. The maximum absolute atomic E-state index is 12.7. The van der Waals surface area contributed by atoms with Gasteiger partial charge in [-0.25, -0.2) is 4.98 Å². The third-order valence-electron chi connectivity index (χ3n) is 5.40. The molecule has 2 N–H and O–H groups in total. The van der Waals surface area contributed by atoms with Crippen LogP contribution in [0.15, 0.2) is 42.5 Å². The Bertz CT molecular complexity index is 905. The van der Waals surface area contributed by atoms with Crippen molar-refractivity contribution in [1.82, 2.24) is 9.97 Å². The number of carbonyl (C=O) groups is 1. The standard InChI is InChI=1S/C21H24N4O/c1-14-6-5-9-17(15(14)2)22-20(26)16-10-12-25(13-11-16)21-23-18-7-3-4-8-19(18)24-21/h3-9,16H,10-13H2,1-2H3,(H,22,26)(H,23,24). The van der Waals surface area contributed by atoms with Gasteiger partial charge >= 0.3 is 0 Å². The smallest absolute Gasteiger partial charge is 0.227 e. The third-order valence-corrected chi connectivity index (χ3v) is 5.40. The van der Waals surface area contributed by atoms with Gasteiger partial charge in [0.25, 0.3) is 0 Å². The summed E-state index contributed by atoms with van der Waals surface area (Å²) in [5.74, 6) is 1.08. The fourth-order valence-electron chi connectivity index (χ4n) is 3.56. The van der Waals surface area contributed by atoms with E-state index in [-0.39, 0.29) is 11.8 Å². The van der Waals surface area contributed by atoms with Crippen molar-refractivity contribution < 1.29 is 4.79 Å². The Balaban J connectivity index is 1.40. The number of benzene rings is 2. The number of imidazole rings is 1. The van der Waals surface area contributed by atoms with Crippen molar-refractivity contribution in [3.8, 4) is 0 Å². The van der Waals surface area contributed by atoms with Crippen LogP contribution in [0.5, 0.6) is 0 Å². The molecule has 1 fully saturated rings. The second kappa shape index (κ2) is 6.83. The number of para-hydroxylation sites is 2. The summed E-state index contributed by atoms with van der Waals surface area (Å²) in [6.45, 7) is 5.79. The quantitative estimate of drug-likeness (QED) is 0.751. The average molecular weight is 348 g/mol. The molecule has 0 spiro atoms. The van der Waals surface area contributed by atoms with Gasteiger partial charge in [0.1, 0.15) is 0 Å². The maximum Gasteiger partial charge on any atom is 0.227 e. The molecule has 1 aliphatic heterocycles. The summed E-state index contributed by atoms with van der Waals surface area (Å²) in [6.07, 6.45) is 1.68. The number of carbonyl (C=O) groups excluding carboxylic acids is 1. The first-order valence-corrected chi connectivity index (χ1v) is 9.18. The number of nitrogens with one attached hydrogen (secondary N) is 2. The minimum Gasteiger partial charge on any atom is -0.342 e. The van der Waals surface area contributed by atoms with Crippen LogP contribution >= 0.6 is 0 Å². The Labute approximate surface area is 153 Å². The van der Waals surface area contributed by atoms with E-state index in [0.29, 0.717) is 0 Å². The highest BCUT2D eigenvalue weighted by atomic mass is 16.1. The molecule has 5 heteroatoms. The van der Waals surface area contributed by atoms with Gasteiger partial charge in [-0.05, 0) is 56.0 Å². The fraction of sp³-hybridized carbons (Fsp3) is 0.333. The molecule has 1 saturated heterocycles. The Morgan fingerprint density at radius 3 is 2.65 bits per heavy atom. The molecule has 0 saturated carbocycles. The molecule has 3 aromatic rings. The van der Waals surface area contributed by atoms with Crippen LogP contribution in [0.1, 0.15) is 24.0 Å². The zero-order valence-electron chi connectivity index (χ0n) is 15.2. The van der Waals surface area contributed by atoms with Crippen molar-refractivity contribution in [2.75, 3.05) is 23.3 Å². The number of amides is 1. The van der Waals surface area contributed by atoms with Gasteiger partial charge in [-0.15, -0.1) is 0 Å². The summed E-state index contributed by atoms with van der Waals surface area (Å²) >= 11 is 0. The van der Waals surface area contributed by atoms with E-state index in [1.54, 1.807) is 0 Å². The SMILES string of the molecule is Cc1cccc(NC(=O)C2CCN(c3nc4ccccc4[nH]3)CC2)c1C. The average Bonchev–Trinajstić information content (AvgIpc) is 3.10. The number of nitrogens with zero attached hydrogens (tertiary/aromatic N) is 2. The fourth-order valence-corrected chi connectivity index (χ4v) is 3.56. The maximum atomic E-state index is 12.7. The summed E-state index contributed by atoms with van der Waals surface area (Å²) < 4.78 is 0. The van der Waals surface area contributed by atoms with Crippen molar-refractivity contribution in [2.24, 2.45) is 5.92 Å². The van der Waals surface area contributed by atoms with Crippen molar-refractivity contribution in [1.29, 1.82) is 0 Å². The zero-order valence-corrected chi connectivity index (χ0v) is 15.2. The molecule has 0 unspecified atom stereocenters. The summed E-state index contributed by atoms with van der Waals surface area (Å²) in [5.41, 5.74) is 5.30. The number of aromatic amines is 1. The van der Waals surface area contributed by atoms with E-state index in [1.807, 2.05) is 36.4 Å². The van der Waals surface area contributed by atoms with Gasteiger partial charge in [-0.2, -0.15) is 0 Å². The molecular formula is C21H24N4O. The molecular weight excluding hydrogens is 324 g/mol. The molecule has 1 aromatic heterocycles. The van der Waals surface area contributed by atoms with Crippen molar-refractivity contribution >= 4 is 28.6 Å². The molecule has 2 aromatic carbocycles. The lowest BCUT2D eigenvalue weighted by atomic mass is 9.95. The van der Waals surface area contributed by atoms with Crippen LogP contribution in [-0.4, -0.2) is 29.0 Å². The minimum atomic E-state index is 0.0514. The Morgan fingerprint density at radius 1 is 1.12 bits per heavy atom. The summed E-state index contributed by atoms with van der Waals surface area (Å²) in [4.78, 5) is 22.9. The molecule has 0 radical (unpaired) electrons. The van der Waals surface area contributed by atoms with Gasteiger partial charge in [0.2, 0.25) is 11.9 Å². The van der Waals surface area contributed by atoms with Gasteiger partial charge in [0, 0.05) is 24.7 Å². The van der Waals surface area contributed by atoms with Crippen LogP contribution in [0.25, 0.3) is 11.0 Å². The summed E-state index contributed by atoms with van der Waals surface area (Å²) in [7, 11) is 0. The molecule has 134 valence electrons. The zero-order chi connectivity index (χ0) is 18.1. The normalized spacial score (nSPS) is 15.4. The summed E-state index contributed by atoms with van der Waals surface area (Å²) in [5, 5.41) is 3.12. The lowest BCUT2D eigenvalue weighted by Gasteiger charge is -2.31. The number of H-pyrrole nitrogens is 1. The highest BCUT2D eigenvalue weighted by Crippen LogP contribution is 2.25. The first-order valence-electron chi connectivity index (χ1n) is 9.18. The highest BCUT2D eigenvalue weighted by Gasteiger charge is 2.26. The van der Waals surface area contributed by atoms with Crippen molar-refractivity contribution in [3.63, 3.8) is 0 Å². The number of rotatable bonds is 3. The van der Waals surface area contributed by atoms with Gasteiger partial charge in [0.15, 0.2) is 0 Å². The molecule has 0 aliphatic carbocycles. The monoisotopic (exact) mass is 348 g/mol. The molecule has 1 aliphatic rings. The first kappa shape index (κ1) is 16.6. The van der Waals surface area contributed by atoms with Gasteiger partial charge < -0.3 is 15.2 Å². The van der Waals surface area contributed by atoms with E-state index < -0.39 is 0 Å². The number of aromatic nitrogens is 2. The van der Waals surface area contributed by atoms with E-state index in [0.717, 1.165) is 54.2 Å². The number of hydrogen-bond donors (Lipinski definition) is 2. The van der Waals surface area contributed by atoms with Crippen molar-refractivity contribution in [3.05, 3.63) is 53.6 Å². The van der Waals surface area contributed by atoms with Crippen LogP contribution in [0, 0.1) is 19.8 Å². The van der Waals surface area contributed by atoms with E-state index in [1.165, 1.54) is 5.56 Å². The largest absolute Gasteiger partial charge is 0.342 e. The Morgan fingerprint density at radius 2 is 1.88 bits per heavy atom. The predicted molar refractivity (Wildman–Crippen MR) is 106 cm³/mol. The number of fused-ring (bicyclic) bond motifs is 1. The second-order valence-electron chi connectivity index (χ2n) is 7.08. The first-order chi connectivity index (χ1) is 12.6. The molecule has 4 rings (SSSR count). The second-order valence-corrected chi connectivity index (χ2v) is 7.08. The minimum absolute atomic E-state index is 0.0514. The van der Waals surface area contributed by atoms with E-state index in [4.69, 9.17) is 0 Å². The Kier molecular flexibility index (Phi) is 4.37. The molecule has 0 atom stereocenters. The van der Waals surface area contributed by atoms with Gasteiger partial charge in [-0.3, -0.25) is 4.79 Å². The van der Waals surface area contributed by atoms with Crippen LogP contribution in [0.4, 0.5) is 11.6 Å². The molecule has 0 bridgehead atoms. The van der Waals surface area contributed by atoms with Crippen LogP contribution in [0.2, 0.25) is 0 Å². The molecule has 26 heavy (non-hydrogen) atoms. The van der Waals surface area contributed by atoms with Gasteiger partial charge in [0.05, 0.1) is 11.0 Å². The number of aryl methyl sites for hydroxylation is 1. The van der Waals surface area contributed by atoms with Crippen molar-refractivity contribution in [2.45, 2.75) is 26.7 Å². The predicted octanol–water partition coefficient (Wildman–Crippen LogP) is 4.03. The van der Waals surface area contributed by atoms with E-state index >= 15 is 0 Å². The van der Waals surface area contributed by atoms with Crippen LogP contribution in [0.3, 0.4) is 0 Å². The highest BCUT2D eigenvalue weighted by molar-refractivity contribution is 5.93. The van der Waals surface area contributed by atoms with E-state index in [9.17, 15) is 4.79 Å². The molecule has 2 heterocycles. The van der Waals surface area contributed by atoms with E-state index in [2.05, 4.69) is 40.1 Å². The lowest BCUT2D eigenvalue weighted by molar-refractivity contribution is -0.120. The number of hydrogen-bond acceptors (Lipinski definition) is 3. The Hall–Kier alpha value is -2.82. The molecule has 5 nitrogen and oxygen atoms in total. The van der Waals surface area contributed by atoms with Crippen LogP contribution < -0.4 is 10.2 Å². The molecule has 1 amide bonds. The third kappa shape index (κ3) is 3.17. The van der Waals surface area contributed by atoms with Crippen LogP contribution in [-0.2, 0) is 4.79 Å². The number of piperidine rings is 1. The van der Waals surface area contributed by atoms with Gasteiger partial charge in [-0.1, -0.05) is 24.3 Å².